The highest BCUT2D eigenvalue weighted by Crippen LogP contribution is 2.30. The van der Waals surface area contributed by atoms with Crippen molar-refractivity contribution in [3.63, 3.8) is 0 Å². The third-order valence-corrected chi connectivity index (χ3v) is 3.00. The van der Waals surface area contributed by atoms with Crippen LogP contribution in [0.1, 0.15) is 20.3 Å². The van der Waals surface area contributed by atoms with Gasteiger partial charge in [-0.15, -0.1) is 0 Å². The van der Waals surface area contributed by atoms with Crippen LogP contribution in [0, 0.1) is 0 Å². The van der Waals surface area contributed by atoms with E-state index >= 15 is 0 Å². The predicted octanol–water partition coefficient (Wildman–Crippen LogP) is 1.15. The minimum atomic E-state index is -0.942. The van der Waals surface area contributed by atoms with Crippen molar-refractivity contribution >= 4 is 6.09 Å². The van der Waals surface area contributed by atoms with Crippen molar-refractivity contribution in [2.24, 2.45) is 0 Å². The Hall–Kier alpha value is -0.850. The highest BCUT2D eigenvalue weighted by Gasteiger charge is 2.46. The summed E-state index contributed by atoms with van der Waals surface area (Å²) in [7, 11) is 3.10. The minimum absolute atomic E-state index is 0.0154. The van der Waals surface area contributed by atoms with Crippen LogP contribution in [0.4, 0.5) is 4.79 Å². The van der Waals surface area contributed by atoms with E-state index in [1.807, 2.05) is 13.8 Å². The summed E-state index contributed by atoms with van der Waals surface area (Å²) in [6.07, 6.45) is -0.909. The number of piperidine rings is 1. The molecular weight excluding hydrogens is 226 g/mol. The largest absolute Gasteiger partial charge is 0.465 e. The molecule has 0 aromatic rings. The lowest BCUT2D eigenvalue weighted by Gasteiger charge is -2.45. The number of likely N-dealkylation sites (tertiary alicyclic amines) is 1. The molecule has 0 spiro atoms. The molecule has 1 amide bonds. The molecule has 1 rings (SSSR count). The number of hydrogen-bond acceptors (Lipinski definition) is 4. The average molecular weight is 247 g/mol. The Morgan fingerprint density at radius 3 is 2.41 bits per heavy atom. The molecule has 0 bridgehead atoms. The minimum Gasteiger partial charge on any atom is -0.465 e. The fourth-order valence-electron chi connectivity index (χ4n) is 2.08. The maximum absolute atomic E-state index is 11.0. The van der Waals surface area contributed by atoms with E-state index in [0.717, 1.165) is 0 Å². The second-order valence-electron chi connectivity index (χ2n) is 4.37. The second kappa shape index (κ2) is 5.66. The predicted molar refractivity (Wildman–Crippen MR) is 61.0 cm³/mol. The number of nitrogens with zero attached hydrogens (tertiary/aromatic N) is 1. The third-order valence-electron chi connectivity index (χ3n) is 3.00. The van der Waals surface area contributed by atoms with Gasteiger partial charge in [0, 0.05) is 27.2 Å². The molecule has 1 fully saturated rings. The fourth-order valence-corrected chi connectivity index (χ4v) is 2.08. The quantitative estimate of drug-likeness (QED) is 0.755. The number of amides is 1. The van der Waals surface area contributed by atoms with E-state index in [2.05, 4.69) is 0 Å². The summed E-state index contributed by atoms with van der Waals surface area (Å²) in [5, 5.41) is 8.99. The van der Waals surface area contributed by atoms with Crippen molar-refractivity contribution in [3.8, 4) is 0 Å². The first-order valence-corrected chi connectivity index (χ1v) is 5.69. The summed E-state index contributed by atoms with van der Waals surface area (Å²) in [6.45, 7) is 4.44. The number of carboxylic acid groups (broad SMARTS) is 1. The number of carbonyl (C=O) groups is 1. The Morgan fingerprint density at radius 1 is 1.41 bits per heavy atom. The fraction of sp³-hybridized carbons (Fsp3) is 0.909. The molecule has 100 valence electrons. The number of ether oxygens (including phenoxy) is 3. The molecule has 1 N–H and O–H groups in total. The van der Waals surface area contributed by atoms with E-state index in [-0.39, 0.29) is 12.6 Å². The van der Waals surface area contributed by atoms with Gasteiger partial charge in [0.05, 0.1) is 12.6 Å². The lowest BCUT2D eigenvalue weighted by molar-refractivity contribution is -0.292. The molecule has 1 aliphatic heterocycles. The van der Waals surface area contributed by atoms with Gasteiger partial charge in [0.25, 0.3) is 0 Å². The van der Waals surface area contributed by atoms with Gasteiger partial charge in [-0.05, 0) is 13.8 Å². The average Bonchev–Trinajstić information content (AvgIpc) is 2.28. The maximum atomic E-state index is 11.0. The van der Waals surface area contributed by atoms with Crippen LogP contribution in [0.25, 0.3) is 0 Å². The zero-order valence-electron chi connectivity index (χ0n) is 10.8. The van der Waals surface area contributed by atoms with Crippen LogP contribution in [0.5, 0.6) is 0 Å². The van der Waals surface area contributed by atoms with Crippen molar-refractivity contribution < 1.29 is 24.1 Å². The standard InChI is InChI=1S/C11H21NO5/c1-8(2)17-9-7-12(10(13)14)6-5-11(9,15-3)16-4/h8-9H,5-7H2,1-4H3,(H,13,14). The van der Waals surface area contributed by atoms with Crippen LogP contribution in [0.2, 0.25) is 0 Å². The molecule has 0 aromatic carbocycles. The molecule has 1 heterocycles. The molecule has 0 aliphatic carbocycles. The monoisotopic (exact) mass is 247 g/mol. The molecule has 1 saturated heterocycles. The van der Waals surface area contributed by atoms with Gasteiger partial charge in [0.1, 0.15) is 6.10 Å². The maximum Gasteiger partial charge on any atom is 0.407 e. The van der Waals surface area contributed by atoms with Crippen molar-refractivity contribution in [2.75, 3.05) is 27.3 Å². The SMILES string of the molecule is COC1(OC)CCN(C(=O)O)CC1OC(C)C. The molecule has 1 aliphatic rings. The molecule has 0 radical (unpaired) electrons. The molecule has 17 heavy (non-hydrogen) atoms. The summed E-state index contributed by atoms with van der Waals surface area (Å²) in [5.41, 5.74) is 0. The smallest absolute Gasteiger partial charge is 0.407 e. The Morgan fingerprint density at radius 2 is 2.00 bits per heavy atom. The zero-order chi connectivity index (χ0) is 13.1. The van der Waals surface area contributed by atoms with Crippen molar-refractivity contribution in [1.29, 1.82) is 0 Å². The van der Waals surface area contributed by atoms with E-state index in [1.165, 1.54) is 4.90 Å². The molecule has 6 nitrogen and oxygen atoms in total. The van der Waals surface area contributed by atoms with Gasteiger partial charge in [-0.25, -0.2) is 4.79 Å². The van der Waals surface area contributed by atoms with E-state index < -0.39 is 18.0 Å². The lowest BCUT2D eigenvalue weighted by atomic mass is 10.00. The van der Waals surface area contributed by atoms with Gasteiger partial charge in [0.15, 0.2) is 5.79 Å². The number of rotatable bonds is 4. The van der Waals surface area contributed by atoms with Gasteiger partial charge in [-0.1, -0.05) is 0 Å². The second-order valence-corrected chi connectivity index (χ2v) is 4.37. The number of hydrogen-bond donors (Lipinski definition) is 1. The molecule has 0 saturated carbocycles. The first kappa shape index (κ1) is 14.2. The highest BCUT2D eigenvalue weighted by atomic mass is 16.7. The highest BCUT2D eigenvalue weighted by molar-refractivity contribution is 5.65. The molecule has 0 aromatic heterocycles. The van der Waals surface area contributed by atoms with Gasteiger partial charge in [-0.2, -0.15) is 0 Å². The first-order chi connectivity index (χ1) is 7.95. The van der Waals surface area contributed by atoms with Crippen molar-refractivity contribution in [2.45, 2.75) is 38.3 Å². The summed E-state index contributed by atoms with van der Waals surface area (Å²) >= 11 is 0. The summed E-state index contributed by atoms with van der Waals surface area (Å²) < 4.78 is 16.5. The van der Waals surface area contributed by atoms with Crippen LogP contribution >= 0.6 is 0 Å². The topological polar surface area (TPSA) is 68.2 Å². The summed E-state index contributed by atoms with van der Waals surface area (Å²) in [6, 6.07) is 0. The van der Waals surface area contributed by atoms with Crippen molar-refractivity contribution in [3.05, 3.63) is 0 Å². The summed E-state index contributed by atoms with van der Waals surface area (Å²) in [4.78, 5) is 12.3. The molecule has 6 heteroatoms. The Bertz CT molecular complexity index is 265. The van der Waals surface area contributed by atoms with Crippen LogP contribution in [0.3, 0.4) is 0 Å². The van der Waals surface area contributed by atoms with E-state index in [9.17, 15) is 4.79 Å². The Balaban J connectivity index is 2.82. The lowest BCUT2D eigenvalue weighted by Crippen LogP contribution is -2.60. The summed E-state index contributed by atoms with van der Waals surface area (Å²) in [5.74, 6) is -0.851. The van der Waals surface area contributed by atoms with E-state index in [4.69, 9.17) is 19.3 Å². The number of methoxy groups -OCH3 is 2. The van der Waals surface area contributed by atoms with Crippen LogP contribution in [-0.2, 0) is 14.2 Å². The normalized spacial score (nSPS) is 24.1. The van der Waals surface area contributed by atoms with Crippen LogP contribution in [0.15, 0.2) is 0 Å². The first-order valence-electron chi connectivity index (χ1n) is 5.69. The van der Waals surface area contributed by atoms with Gasteiger partial charge >= 0.3 is 6.09 Å². The Labute approximate surface area is 101 Å². The zero-order valence-corrected chi connectivity index (χ0v) is 10.8. The van der Waals surface area contributed by atoms with Crippen LogP contribution < -0.4 is 0 Å². The van der Waals surface area contributed by atoms with Gasteiger partial charge in [0.2, 0.25) is 0 Å². The van der Waals surface area contributed by atoms with Gasteiger partial charge in [-0.3, -0.25) is 0 Å². The van der Waals surface area contributed by atoms with Gasteiger partial charge < -0.3 is 24.2 Å². The Kier molecular flexibility index (Phi) is 4.73. The molecule has 1 atom stereocenters. The van der Waals surface area contributed by atoms with Crippen LogP contribution in [-0.4, -0.2) is 61.4 Å². The van der Waals surface area contributed by atoms with E-state index in [0.29, 0.717) is 13.0 Å². The molecule has 1 unspecified atom stereocenters. The third kappa shape index (κ3) is 3.08. The van der Waals surface area contributed by atoms with Crippen molar-refractivity contribution in [1.82, 2.24) is 4.90 Å². The van der Waals surface area contributed by atoms with E-state index in [1.54, 1.807) is 14.2 Å². The molecular formula is C11H21NO5.